The molecule has 1 fully saturated rings. The summed E-state index contributed by atoms with van der Waals surface area (Å²) >= 11 is 0. The summed E-state index contributed by atoms with van der Waals surface area (Å²) in [6.45, 7) is -1.000. The van der Waals surface area contributed by atoms with Crippen molar-refractivity contribution in [1.82, 2.24) is 19.5 Å². The summed E-state index contributed by atoms with van der Waals surface area (Å²) in [5.74, 6) is 0.0322. The summed E-state index contributed by atoms with van der Waals surface area (Å²) in [6, 6.07) is 0. The Morgan fingerprint density at radius 2 is 1.66 bits per heavy atom. The van der Waals surface area contributed by atoms with Crippen molar-refractivity contribution in [3.8, 4) is 0 Å². The first-order valence-electron chi connectivity index (χ1n) is 7.88. The normalized spacial score (nSPS) is 26.6. The summed E-state index contributed by atoms with van der Waals surface area (Å²) in [5, 5.41) is 20.4. The molecule has 35 heavy (non-hydrogen) atoms. The molecular formula is C10H18K2N5O15P3. The standard InChI is InChI=1S/C10H16N5O13P3.2K.2H2O/c11-8-5-9(13-2-12-8)15(3-14-5)10-7(17)6(16)4(26-10)1-25-30(21,22)28-31(23,24)27-29(18,19)20;;;;/h2-4,6-7,10,16-17H,1H2,(H,21,22)(H,23,24)(H2,11,12,13)(H2,18,19,20);;;2*1H2/q;2*+1;;/p-2/t4-,6-,7-,10-;;;;/m1..../s1. The second kappa shape index (κ2) is 15.0. The minimum atomic E-state index is -6.01. The monoisotopic (exact) mass is 619 g/mol. The van der Waals surface area contributed by atoms with Gasteiger partial charge in [-0.25, -0.2) is 28.1 Å². The molecular weight excluding hydrogens is 601 g/mol. The van der Waals surface area contributed by atoms with E-state index in [1.165, 1.54) is 10.9 Å². The molecule has 0 bridgehead atoms. The van der Waals surface area contributed by atoms with Gasteiger partial charge in [0.1, 0.15) is 30.2 Å². The molecule has 1 aliphatic rings. The van der Waals surface area contributed by atoms with Crippen LogP contribution in [0.1, 0.15) is 6.23 Å². The molecule has 190 valence electrons. The second-order valence-corrected chi connectivity index (χ2v) is 10.3. The molecule has 0 spiro atoms. The van der Waals surface area contributed by atoms with Gasteiger partial charge in [0, 0.05) is 0 Å². The number of nitrogens with zero attached hydrogens (tertiary/aromatic N) is 4. The molecule has 1 saturated heterocycles. The molecule has 25 heteroatoms. The maximum absolute atomic E-state index is 11.7. The van der Waals surface area contributed by atoms with Crippen LogP contribution in [-0.4, -0.2) is 75.4 Å². The number of nitrogen functional groups attached to an aromatic ring is 1. The molecule has 20 nitrogen and oxygen atoms in total. The molecule has 3 heterocycles. The number of aromatic nitrogens is 4. The molecule has 0 aliphatic carbocycles. The topological polar surface area (TPSA) is 348 Å². The van der Waals surface area contributed by atoms with Gasteiger partial charge >= 0.3 is 111 Å². The van der Waals surface area contributed by atoms with E-state index < -0.39 is 54.6 Å². The Balaban J connectivity index is 0. The molecule has 0 amide bonds. The van der Waals surface area contributed by atoms with Crippen LogP contribution in [0.15, 0.2) is 12.7 Å². The van der Waals surface area contributed by atoms with Gasteiger partial charge in [0.2, 0.25) is 0 Å². The molecule has 0 radical (unpaired) electrons. The van der Waals surface area contributed by atoms with E-state index in [0.717, 1.165) is 6.33 Å². The Hall–Kier alpha value is 1.83. The van der Waals surface area contributed by atoms with Crippen LogP contribution in [0.5, 0.6) is 0 Å². The predicted molar refractivity (Wildman–Crippen MR) is 98.3 cm³/mol. The van der Waals surface area contributed by atoms with Crippen molar-refractivity contribution in [3.05, 3.63) is 12.7 Å². The Morgan fingerprint density at radius 1 is 1.06 bits per heavy atom. The van der Waals surface area contributed by atoms with Gasteiger partial charge in [0.05, 0.1) is 12.9 Å². The fourth-order valence-corrected chi connectivity index (χ4v) is 5.55. The van der Waals surface area contributed by atoms with Crippen LogP contribution in [0.4, 0.5) is 5.82 Å². The molecule has 10 N–H and O–H groups in total. The maximum atomic E-state index is 11.7. The number of phosphoric ester groups is 1. The number of rotatable bonds is 8. The number of aliphatic hydroxyl groups excluding tert-OH is 2. The molecule has 2 aromatic rings. The largest absolute Gasteiger partial charge is 1.00 e. The first kappa shape index (κ1) is 39.0. The Bertz CT molecular complexity index is 1120. The fraction of sp³-hybridized carbons (Fsp3) is 0.500. The van der Waals surface area contributed by atoms with E-state index in [1.54, 1.807) is 0 Å². The van der Waals surface area contributed by atoms with Crippen LogP contribution in [0, 0.1) is 0 Å². The zero-order valence-electron chi connectivity index (χ0n) is 17.8. The minimum absolute atomic E-state index is 0. The number of phosphoric acid groups is 3. The van der Waals surface area contributed by atoms with Crippen molar-refractivity contribution >= 4 is 40.4 Å². The zero-order valence-corrected chi connectivity index (χ0v) is 26.8. The predicted octanol–water partition coefficient (Wildman–Crippen LogP) is -10.5. The van der Waals surface area contributed by atoms with Crippen LogP contribution in [0.2, 0.25) is 0 Å². The van der Waals surface area contributed by atoms with Crippen LogP contribution in [0.3, 0.4) is 0 Å². The molecule has 0 saturated carbocycles. The van der Waals surface area contributed by atoms with E-state index in [0.29, 0.717) is 0 Å². The number of nitrogens with two attached hydrogens (primary N) is 1. The van der Waals surface area contributed by atoms with Gasteiger partial charge in [-0.2, -0.15) is 0 Å². The van der Waals surface area contributed by atoms with Crippen molar-refractivity contribution in [2.24, 2.45) is 0 Å². The van der Waals surface area contributed by atoms with Crippen LogP contribution < -0.4 is 118 Å². The van der Waals surface area contributed by atoms with E-state index in [9.17, 15) is 38.6 Å². The fourth-order valence-electron chi connectivity index (χ4n) is 2.61. The third-order valence-corrected chi connectivity index (χ3v) is 7.53. The second-order valence-electron chi connectivity index (χ2n) is 5.97. The summed E-state index contributed by atoms with van der Waals surface area (Å²) in [4.78, 5) is 51.0. The first-order chi connectivity index (χ1) is 14.2. The van der Waals surface area contributed by atoms with Gasteiger partial charge in [-0.05, 0) is 0 Å². The number of hydrogen-bond donors (Lipinski definition) is 5. The average Bonchev–Trinajstić information content (AvgIpc) is 3.13. The molecule has 3 rings (SSSR count). The minimum Gasteiger partial charge on any atom is -0.756 e. The Kier molecular flexibility index (Phi) is 16.7. The average molecular weight is 619 g/mol. The van der Waals surface area contributed by atoms with Crippen LogP contribution >= 0.6 is 23.5 Å². The van der Waals surface area contributed by atoms with Gasteiger partial charge in [-0.15, -0.1) is 0 Å². The van der Waals surface area contributed by atoms with E-state index >= 15 is 0 Å². The summed E-state index contributed by atoms with van der Waals surface area (Å²) in [5.41, 5.74) is 5.97. The van der Waals surface area contributed by atoms with Crippen molar-refractivity contribution < 1.29 is 175 Å². The van der Waals surface area contributed by atoms with E-state index in [4.69, 9.17) is 15.4 Å². The molecule has 7 atom stereocenters. The Morgan fingerprint density at radius 3 is 2.23 bits per heavy atom. The van der Waals surface area contributed by atoms with Gasteiger partial charge in [0.25, 0.3) is 15.6 Å². The van der Waals surface area contributed by atoms with Gasteiger partial charge in [-0.3, -0.25) is 18.2 Å². The first-order valence-corrected chi connectivity index (χ1v) is 12.3. The van der Waals surface area contributed by atoms with E-state index in [2.05, 4.69) is 28.1 Å². The summed E-state index contributed by atoms with van der Waals surface area (Å²) < 4.78 is 51.0. The van der Waals surface area contributed by atoms with E-state index in [1.807, 2.05) is 0 Å². The van der Waals surface area contributed by atoms with Crippen molar-refractivity contribution in [2.45, 2.75) is 24.5 Å². The number of aliphatic hydroxyl groups is 2. The van der Waals surface area contributed by atoms with Crippen LogP contribution in [0.25, 0.3) is 11.2 Å². The smallest absolute Gasteiger partial charge is 0.756 e. The van der Waals surface area contributed by atoms with Gasteiger partial charge in [-0.1, -0.05) is 0 Å². The van der Waals surface area contributed by atoms with E-state index in [-0.39, 0.29) is 131 Å². The van der Waals surface area contributed by atoms with Crippen molar-refractivity contribution in [1.29, 1.82) is 0 Å². The quantitative estimate of drug-likeness (QED) is 0.135. The Labute approximate surface area is 280 Å². The molecule has 3 unspecified atom stereocenters. The van der Waals surface area contributed by atoms with Crippen LogP contribution in [-0.2, 0) is 31.6 Å². The molecule has 0 aromatic carbocycles. The molecule has 1 aliphatic heterocycles. The number of fused-ring (bicyclic) bond motifs is 1. The molecule has 2 aromatic heterocycles. The SMILES string of the molecule is Nc1ncnc2c1ncn2[C@@H]1O[C@H](COP(=O)(O)OP(=O)([O-])OP(=O)([O-])O)[C@@H](O)[C@H]1O.O.O.[K+].[K+]. The number of anilines is 1. The number of hydrogen-bond acceptors (Lipinski definition) is 15. The zero-order chi connectivity index (χ0) is 23.2. The summed E-state index contributed by atoms with van der Waals surface area (Å²) in [6.07, 6.45) is -3.81. The summed E-state index contributed by atoms with van der Waals surface area (Å²) in [7, 11) is -17.4. The number of imidazole rings is 1. The maximum Gasteiger partial charge on any atom is 1.00 e. The van der Waals surface area contributed by atoms with Crippen molar-refractivity contribution in [3.63, 3.8) is 0 Å². The van der Waals surface area contributed by atoms with Gasteiger partial charge in [0.15, 0.2) is 17.7 Å². The van der Waals surface area contributed by atoms with Crippen molar-refractivity contribution in [2.75, 3.05) is 12.3 Å². The third-order valence-electron chi connectivity index (χ3n) is 3.81. The third kappa shape index (κ3) is 10.4. The number of ether oxygens (including phenoxy) is 1. The van der Waals surface area contributed by atoms with Gasteiger partial charge < -0.3 is 51.2 Å².